The van der Waals surface area contributed by atoms with Crippen molar-refractivity contribution < 1.29 is 4.79 Å². The smallest absolute Gasteiger partial charge is 0.332 e. The molecule has 1 N–H and O–H groups in total. The first-order valence-electron chi connectivity index (χ1n) is 9.46. The van der Waals surface area contributed by atoms with Gasteiger partial charge in [-0.15, -0.1) is 0 Å². The summed E-state index contributed by atoms with van der Waals surface area (Å²) in [5.74, 6) is -0.328. The van der Waals surface area contributed by atoms with E-state index in [0.717, 1.165) is 24.1 Å². The molecule has 3 aromatic rings. The molecule has 0 bridgehead atoms. The van der Waals surface area contributed by atoms with Crippen molar-refractivity contribution in [2.45, 2.75) is 13.0 Å². The first-order valence-corrected chi connectivity index (χ1v) is 9.46. The van der Waals surface area contributed by atoms with Crippen LogP contribution in [0.5, 0.6) is 0 Å². The van der Waals surface area contributed by atoms with Gasteiger partial charge in [-0.1, -0.05) is 30.3 Å². The maximum absolute atomic E-state index is 12.4. The lowest BCUT2D eigenvalue weighted by Gasteiger charge is -2.16. The third-order valence-electron chi connectivity index (χ3n) is 4.83. The Morgan fingerprint density at radius 1 is 1.07 bits per heavy atom. The Morgan fingerprint density at radius 2 is 1.79 bits per heavy atom. The maximum Gasteiger partial charge on any atom is 0.332 e. The number of amides is 1. The number of pyridine rings is 1. The van der Waals surface area contributed by atoms with E-state index in [1.165, 1.54) is 36.4 Å². The summed E-state index contributed by atoms with van der Waals surface area (Å²) < 4.78 is 2.29. The second-order valence-corrected chi connectivity index (χ2v) is 7.11. The van der Waals surface area contributed by atoms with Crippen LogP contribution in [0.25, 0.3) is 11.0 Å². The Morgan fingerprint density at radius 3 is 2.52 bits per heavy atom. The number of hydrogen-bond acceptors (Lipinski definition) is 5. The third kappa shape index (κ3) is 4.60. The lowest BCUT2D eigenvalue weighted by atomic mass is 10.2. The van der Waals surface area contributed by atoms with Gasteiger partial charge in [-0.2, -0.15) is 0 Å². The highest BCUT2D eigenvalue weighted by atomic mass is 16.2. The second kappa shape index (κ2) is 8.83. The van der Waals surface area contributed by atoms with Crippen LogP contribution in [0.4, 0.5) is 0 Å². The van der Waals surface area contributed by atoms with Gasteiger partial charge in [0.2, 0.25) is 0 Å². The van der Waals surface area contributed by atoms with Crippen molar-refractivity contribution in [3.8, 4) is 0 Å². The Kier molecular flexibility index (Phi) is 6.23. The van der Waals surface area contributed by atoms with E-state index < -0.39 is 11.2 Å². The molecule has 0 radical (unpaired) electrons. The minimum atomic E-state index is -0.478. The normalized spacial score (nSPS) is 11.2. The summed E-state index contributed by atoms with van der Waals surface area (Å²) >= 11 is 0. The van der Waals surface area contributed by atoms with Gasteiger partial charge in [0.1, 0.15) is 11.3 Å². The SMILES string of the molecule is CN(CCCNC(=O)c1ccc2c(=O)n(C)c(=O)n(C)c2n1)Cc1ccccc1. The van der Waals surface area contributed by atoms with E-state index >= 15 is 0 Å². The van der Waals surface area contributed by atoms with Crippen LogP contribution in [0.3, 0.4) is 0 Å². The van der Waals surface area contributed by atoms with Crippen LogP contribution < -0.4 is 16.6 Å². The molecule has 8 heteroatoms. The van der Waals surface area contributed by atoms with E-state index in [0.29, 0.717) is 11.9 Å². The van der Waals surface area contributed by atoms with Crippen LogP contribution in [-0.2, 0) is 20.6 Å². The zero-order chi connectivity index (χ0) is 21.0. The highest BCUT2D eigenvalue weighted by Gasteiger charge is 2.13. The van der Waals surface area contributed by atoms with Crippen LogP contribution in [-0.4, -0.2) is 45.1 Å². The standard InChI is InChI=1S/C21H25N5O3/c1-24(14-15-8-5-4-6-9-15)13-7-12-22-19(27)17-11-10-16-18(23-17)25(2)21(29)26(3)20(16)28/h4-6,8-11H,7,12-14H2,1-3H3,(H,22,27). The average molecular weight is 395 g/mol. The van der Waals surface area contributed by atoms with E-state index in [9.17, 15) is 14.4 Å². The number of rotatable bonds is 7. The van der Waals surface area contributed by atoms with Gasteiger partial charge in [-0.3, -0.25) is 18.7 Å². The molecule has 0 saturated carbocycles. The molecule has 0 unspecified atom stereocenters. The number of hydrogen-bond donors (Lipinski definition) is 1. The lowest BCUT2D eigenvalue weighted by Crippen LogP contribution is -2.37. The van der Waals surface area contributed by atoms with E-state index in [2.05, 4.69) is 27.3 Å². The van der Waals surface area contributed by atoms with Crippen LogP contribution in [0.2, 0.25) is 0 Å². The molecule has 0 aliphatic rings. The number of fused-ring (bicyclic) bond motifs is 1. The van der Waals surface area contributed by atoms with E-state index in [1.54, 1.807) is 0 Å². The largest absolute Gasteiger partial charge is 0.351 e. The van der Waals surface area contributed by atoms with Crippen molar-refractivity contribution in [2.24, 2.45) is 14.1 Å². The molecule has 1 amide bonds. The molecule has 1 aromatic carbocycles. The number of nitrogens with one attached hydrogen (secondary N) is 1. The van der Waals surface area contributed by atoms with Gasteiger partial charge in [0.15, 0.2) is 0 Å². The fraction of sp³-hybridized carbons (Fsp3) is 0.333. The molecule has 152 valence electrons. The Balaban J connectivity index is 1.59. The first-order chi connectivity index (χ1) is 13.9. The van der Waals surface area contributed by atoms with Crippen molar-refractivity contribution in [1.82, 2.24) is 24.3 Å². The van der Waals surface area contributed by atoms with Gasteiger partial charge in [-0.25, -0.2) is 9.78 Å². The van der Waals surface area contributed by atoms with Gasteiger partial charge in [0, 0.05) is 27.2 Å². The van der Waals surface area contributed by atoms with E-state index in [4.69, 9.17) is 0 Å². The number of nitrogens with zero attached hydrogens (tertiary/aromatic N) is 4. The van der Waals surface area contributed by atoms with E-state index in [-0.39, 0.29) is 17.2 Å². The van der Waals surface area contributed by atoms with Crippen LogP contribution >= 0.6 is 0 Å². The Hall–Kier alpha value is -3.26. The number of benzene rings is 1. The van der Waals surface area contributed by atoms with Crippen molar-refractivity contribution in [2.75, 3.05) is 20.1 Å². The zero-order valence-electron chi connectivity index (χ0n) is 16.9. The third-order valence-corrected chi connectivity index (χ3v) is 4.83. The van der Waals surface area contributed by atoms with Gasteiger partial charge in [-0.05, 0) is 37.7 Å². The minimum Gasteiger partial charge on any atom is -0.351 e. The average Bonchev–Trinajstić information content (AvgIpc) is 2.74. The molecule has 3 rings (SSSR count). The van der Waals surface area contributed by atoms with Crippen molar-refractivity contribution >= 4 is 16.9 Å². The molecule has 29 heavy (non-hydrogen) atoms. The molecular formula is C21H25N5O3. The lowest BCUT2D eigenvalue weighted by molar-refractivity contribution is 0.0947. The Bertz CT molecular complexity index is 1130. The summed E-state index contributed by atoms with van der Waals surface area (Å²) in [5.41, 5.74) is 0.723. The monoisotopic (exact) mass is 395 g/mol. The number of carbonyl (C=O) groups is 1. The van der Waals surface area contributed by atoms with Crippen molar-refractivity contribution in [3.63, 3.8) is 0 Å². The molecule has 0 aliphatic heterocycles. The molecule has 8 nitrogen and oxygen atoms in total. The van der Waals surface area contributed by atoms with Crippen molar-refractivity contribution in [3.05, 3.63) is 74.6 Å². The van der Waals surface area contributed by atoms with Gasteiger partial charge in [0.25, 0.3) is 11.5 Å². The summed E-state index contributed by atoms with van der Waals surface area (Å²) in [6.07, 6.45) is 0.793. The predicted molar refractivity (Wildman–Crippen MR) is 112 cm³/mol. The predicted octanol–water partition coefficient (Wildman–Crippen LogP) is 0.884. The molecule has 0 saturated heterocycles. The number of aryl methyl sites for hydroxylation is 1. The summed E-state index contributed by atoms with van der Waals surface area (Å²) in [7, 11) is 4.99. The fourth-order valence-corrected chi connectivity index (χ4v) is 3.20. The Labute approximate surface area is 168 Å². The molecule has 2 heterocycles. The molecule has 2 aromatic heterocycles. The second-order valence-electron chi connectivity index (χ2n) is 7.11. The molecule has 0 spiro atoms. The van der Waals surface area contributed by atoms with Gasteiger partial charge < -0.3 is 10.2 Å². The topological polar surface area (TPSA) is 89.2 Å². The van der Waals surface area contributed by atoms with Gasteiger partial charge >= 0.3 is 5.69 Å². The van der Waals surface area contributed by atoms with Crippen molar-refractivity contribution in [1.29, 1.82) is 0 Å². The zero-order valence-corrected chi connectivity index (χ0v) is 16.9. The maximum atomic E-state index is 12.4. The molecule has 0 aliphatic carbocycles. The minimum absolute atomic E-state index is 0.179. The fourth-order valence-electron chi connectivity index (χ4n) is 3.20. The highest BCUT2D eigenvalue weighted by Crippen LogP contribution is 2.06. The van der Waals surface area contributed by atoms with Crippen LogP contribution in [0, 0.1) is 0 Å². The number of aromatic nitrogens is 3. The summed E-state index contributed by atoms with van der Waals surface area (Å²) in [5, 5.41) is 3.14. The highest BCUT2D eigenvalue weighted by molar-refractivity contribution is 5.94. The summed E-state index contributed by atoms with van der Waals surface area (Å²) in [6, 6.07) is 13.2. The summed E-state index contributed by atoms with van der Waals surface area (Å²) in [4.78, 5) is 43.1. The molecule has 0 atom stereocenters. The quantitative estimate of drug-likeness (QED) is 0.600. The van der Waals surface area contributed by atoms with Gasteiger partial charge in [0.05, 0.1) is 5.39 Å². The molecule has 0 fully saturated rings. The molecular weight excluding hydrogens is 370 g/mol. The number of carbonyl (C=O) groups excluding carboxylic acids is 1. The van der Waals surface area contributed by atoms with Crippen LogP contribution in [0.1, 0.15) is 22.5 Å². The van der Waals surface area contributed by atoms with Crippen LogP contribution in [0.15, 0.2) is 52.1 Å². The summed E-state index contributed by atoms with van der Waals surface area (Å²) in [6.45, 7) is 2.20. The van der Waals surface area contributed by atoms with E-state index in [1.807, 2.05) is 25.2 Å². The first kappa shape index (κ1) is 20.5.